The molecule has 0 saturated carbocycles. The molecule has 0 fully saturated rings. The van der Waals surface area contributed by atoms with Crippen LogP contribution in [0.3, 0.4) is 0 Å². The molecule has 2 aromatic rings. The Morgan fingerprint density at radius 3 is 2.60 bits per heavy atom. The van der Waals surface area contributed by atoms with Crippen LogP contribution in [0, 0.1) is 11.3 Å². The maximum absolute atomic E-state index is 12.0. The molecule has 0 aliphatic heterocycles. The van der Waals surface area contributed by atoms with Gasteiger partial charge in [0.1, 0.15) is 5.00 Å². The molecule has 1 unspecified atom stereocenters. The number of primary amides is 1. The van der Waals surface area contributed by atoms with Crippen molar-refractivity contribution < 1.29 is 4.79 Å². The summed E-state index contributed by atoms with van der Waals surface area (Å²) in [5, 5.41) is 1.41. The van der Waals surface area contributed by atoms with Crippen LogP contribution in [0.25, 0.3) is 0 Å². The highest BCUT2D eigenvalue weighted by Gasteiger charge is 2.33. The Kier molecular flexibility index (Phi) is 5.03. The van der Waals surface area contributed by atoms with E-state index in [0.29, 0.717) is 16.5 Å². The topological polar surface area (TPSA) is 55.4 Å². The summed E-state index contributed by atoms with van der Waals surface area (Å²) in [4.78, 5) is 17.9. The van der Waals surface area contributed by atoms with Crippen LogP contribution in [-0.4, -0.2) is 12.1 Å². The lowest BCUT2D eigenvalue weighted by atomic mass is 9.72. The van der Waals surface area contributed by atoms with Crippen molar-refractivity contribution in [3.8, 4) is 0 Å². The number of aliphatic imine (C=N–C) groups is 1. The van der Waals surface area contributed by atoms with Gasteiger partial charge in [0, 0.05) is 16.1 Å². The number of carbonyl (C=O) groups is 1. The average molecular weight is 375 g/mol. The van der Waals surface area contributed by atoms with E-state index in [9.17, 15) is 4.79 Å². The Balaban J connectivity index is 1.94. The molecule has 1 atom stereocenters. The van der Waals surface area contributed by atoms with Gasteiger partial charge in [0.25, 0.3) is 5.91 Å². The molecule has 1 aromatic heterocycles. The Hall–Kier alpha value is -1.65. The van der Waals surface area contributed by atoms with E-state index < -0.39 is 0 Å². The molecule has 0 bridgehead atoms. The first kappa shape index (κ1) is 18.2. The molecular weight excluding hydrogens is 352 g/mol. The van der Waals surface area contributed by atoms with Gasteiger partial charge in [-0.05, 0) is 53.9 Å². The fourth-order valence-corrected chi connectivity index (χ4v) is 4.74. The molecule has 3 rings (SSSR count). The highest BCUT2D eigenvalue weighted by molar-refractivity contribution is 7.16. The number of nitrogens with zero attached hydrogens (tertiary/aromatic N) is 1. The van der Waals surface area contributed by atoms with Gasteiger partial charge in [0.2, 0.25) is 0 Å². The van der Waals surface area contributed by atoms with Gasteiger partial charge in [-0.2, -0.15) is 0 Å². The predicted octanol–water partition coefficient (Wildman–Crippen LogP) is 5.40. The number of fused-ring (bicyclic) bond motifs is 1. The van der Waals surface area contributed by atoms with Crippen LogP contribution in [0.1, 0.15) is 53.6 Å². The van der Waals surface area contributed by atoms with Gasteiger partial charge in [-0.25, -0.2) is 4.99 Å². The van der Waals surface area contributed by atoms with Crippen molar-refractivity contribution in [2.45, 2.75) is 40.0 Å². The molecule has 1 aliphatic carbocycles. The summed E-state index contributed by atoms with van der Waals surface area (Å²) < 4.78 is 0. The zero-order valence-electron chi connectivity index (χ0n) is 14.8. The summed E-state index contributed by atoms with van der Waals surface area (Å²) >= 11 is 7.52. The van der Waals surface area contributed by atoms with Crippen molar-refractivity contribution in [1.82, 2.24) is 0 Å². The van der Waals surface area contributed by atoms with E-state index in [2.05, 4.69) is 25.8 Å². The van der Waals surface area contributed by atoms with Gasteiger partial charge in [0.15, 0.2) is 0 Å². The Labute approximate surface area is 157 Å². The van der Waals surface area contributed by atoms with E-state index in [1.54, 1.807) is 17.6 Å². The first-order chi connectivity index (χ1) is 11.8. The smallest absolute Gasteiger partial charge is 0.252 e. The molecule has 1 amide bonds. The second kappa shape index (κ2) is 6.93. The molecule has 0 saturated heterocycles. The van der Waals surface area contributed by atoms with Crippen LogP contribution < -0.4 is 5.73 Å². The standard InChI is InChI=1S/C20H23ClN2OS/c1-20(2,3)13-6-9-15-16(10-13)25-19(17(15)18(22)24)23-11-12-4-7-14(21)8-5-12/h4-5,7-8,11,13H,6,9-10H2,1-3H3,(H2,22,24). The third kappa shape index (κ3) is 3.96. The normalized spacial score (nSPS) is 17.7. The number of hydrogen-bond donors (Lipinski definition) is 1. The SMILES string of the molecule is CC(C)(C)C1CCc2c(sc(N=Cc3ccc(Cl)cc3)c2C(N)=O)C1. The summed E-state index contributed by atoms with van der Waals surface area (Å²) in [7, 11) is 0. The number of hydrogen-bond acceptors (Lipinski definition) is 3. The third-order valence-electron chi connectivity index (χ3n) is 4.92. The van der Waals surface area contributed by atoms with Gasteiger partial charge < -0.3 is 5.73 Å². The molecule has 5 heteroatoms. The van der Waals surface area contributed by atoms with Crippen molar-refractivity contribution in [3.05, 3.63) is 50.9 Å². The van der Waals surface area contributed by atoms with Gasteiger partial charge in [-0.15, -0.1) is 11.3 Å². The summed E-state index contributed by atoms with van der Waals surface area (Å²) in [5.41, 5.74) is 8.60. The highest BCUT2D eigenvalue weighted by Crippen LogP contribution is 2.45. The van der Waals surface area contributed by atoms with Crippen LogP contribution in [0.2, 0.25) is 5.02 Å². The first-order valence-electron chi connectivity index (χ1n) is 8.49. The molecule has 3 nitrogen and oxygen atoms in total. The van der Waals surface area contributed by atoms with Crippen molar-refractivity contribution in [2.75, 3.05) is 0 Å². The summed E-state index contributed by atoms with van der Waals surface area (Å²) in [6.07, 6.45) is 4.76. The maximum atomic E-state index is 12.0. The molecule has 0 radical (unpaired) electrons. The molecule has 1 heterocycles. The molecule has 132 valence electrons. The minimum Gasteiger partial charge on any atom is -0.365 e. The van der Waals surface area contributed by atoms with Crippen molar-refractivity contribution in [2.24, 2.45) is 22.1 Å². The Bertz CT molecular complexity index is 815. The summed E-state index contributed by atoms with van der Waals surface area (Å²) in [6.45, 7) is 6.85. The second-order valence-electron chi connectivity index (χ2n) is 7.66. The number of halogens is 1. The fraction of sp³-hybridized carbons (Fsp3) is 0.400. The zero-order chi connectivity index (χ0) is 18.2. The number of benzene rings is 1. The zero-order valence-corrected chi connectivity index (χ0v) is 16.4. The Morgan fingerprint density at radius 2 is 2.00 bits per heavy atom. The fourth-order valence-electron chi connectivity index (χ4n) is 3.34. The average Bonchev–Trinajstić information content (AvgIpc) is 2.91. The van der Waals surface area contributed by atoms with Crippen molar-refractivity contribution in [1.29, 1.82) is 0 Å². The first-order valence-corrected chi connectivity index (χ1v) is 9.69. The van der Waals surface area contributed by atoms with E-state index >= 15 is 0 Å². The summed E-state index contributed by atoms with van der Waals surface area (Å²) in [5.74, 6) is 0.238. The van der Waals surface area contributed by atoms with E-state index in [0.717, 1.165) is 35.4 Å². The minimum atomic E-state index is -0.380. The minimum absolute atomic E-state index is 0.265. The summed E-state index contributed by atoms with van der Waals surface area (Å²) in [6, 6.07) is 7.45. The van der Waals surface area contributed by atoms with Crippen LogP contribution in [0.15, 0.2) is 29.3 Å². The van der Waals surface area contributed by atoms with Gasteiger partial charge in [-0.1, -0.05) is 44.5 Å². The van der Waals surface area contributed by atoms with Crippen LogP contribution >= 0.6 is 22.9 Å². The highest BCUT2D eigenvalue weighted by atomic mass is 35.5. The quantitative estimate of drug-likeness (QED) is 0.718. The number of nitrogens with two attached hydrogens (primary N) is 1. The number of amides is 1. The molecule has 0 spiro atoms. The molecule has 25 heavy (non-hydrogen) atoms. The van der Waals surface area contributed by atoms with Crippen LogP contribution in [0.5, 0.6) is 0 Å². The lowest BCUT2D eigenvalue weighted by Gasteiger charge is -2.33. The molecule has 2 N–H and O–H groups in total. The van der Waals surface area contributed by atoms with E-state index in [-0.39, 0.29) is 11.3 Å². The number of rotatable bonds is 3. The largest absolute Gasteiger partial charge is 0.365 e. The number of thiophene rings is 1. The number of carbonyl (C=O) groups excluding carboxylic acids is 1. The van der Waals surface area contributed by atoms with E-state index in [4.69, 9.17) is 17.3 Å². The van der Waals surface area contributed by atoms with Crippen molar-refractivity contribution >= 4 is 40.1 Å². The van der Waals surface area contributed by atoms with Crippen LogP contribution in [-0.2, 0) is 12.8 Å². The lowest BCUT2D eigenvalue weighted by molar-refractivity contribution is 0.1000. The molecule has 1 aromatic carbocycles. The predicted molar refractivity (Wildman–Crippen MR) is 107 cm³/mol. The lowest BCUT2D eigenvalue weighted by Crippen LogP contribution is -2.27. The third-order valence-corrected chi connectivity index (χ3v) is 6.33. The van der Waals surface area contributed by atoms with E-state index in [1.165, 1.54) is 4.88 Å². The van der Waals surface area contributed by atoms with Crippen LogP contribution in [0.4, 0.5) is 5.00 Å². The Morgan fingerprint density at radius 1 is 1.32 bits per heavy atom. The molecule has 1 aliphatic rings. The van der Waals surface area contributed by atoms with E-state index in [1.807, 2.05) is 24.3 Å². The van der Waals surface area contributed by atoms with Gasteiger partial charge in [-0.3, -0.25) is 4.79 Å². The van der Waals surface area contributed by atoms with Crippen molar-refractivity contribution in [3.63, 3.8) is 0 Å². The monoisotopic (exact) mass is 374 g/mol. The molecular formula is C20H23ClN2OS. The van der Waals surface area contributed by atoms with Gasteiger partial charge in [0.05, 0.1) is 5.56 Å². The second-order valence-corrected chi connectivity index (χ2v) is 9.18. The van der Waals surface area contributed by atoms with Gasteiger partial charge >= 0.3 is 0 Å². The maximum Gasteiger partial charge on any atom is 0.252 e.